The van der Waals surface area contributed by atoms with Gasteiger partial charge in [-0.25, -0.2) is 9.97 Å². The van der Waals surface area contributed by atoms with Crippen LogP contribution >= 0.6 is 0 Å². The second kappa shape index (κ2) is 8.05. The van der Waals surface area contributed by atoms with E-state index in [1.807, 2.05) is 12.1 Å². The minimum absolute atomic E-state index is 0.0117. The van der Waals surface area contributed by atoms with Gasteiger partial charge in [-0.15, -0.1) is 0 Å². The van der Waals surface area contributed by atoms with Crippen molar-refractivity contribution < 1.29 is 4.79 Å². The van der Waals surface area contributed by atoms with Gasteiger partial charge in [0.1, 0.15) is 17.8 Å². The predicted molar refractivity (Wildman–Crippen MR) is 138 cm³/mol. The standard InChI is InChI=1S/C28H30N6O/c29-26-25-24(15-34(27(25)31-16-30-26)21-10-12-33(13-11-21)20-7-8-20)18-4-9-22-17(14-18)2-1-3-23(22)28(35)32-19-5-6-19/h1-4,9,14-16,19-21H,5-8,10-13H2,(H,32,35)(H2,29,30,31). The highest BCUT2D eigenvalue weighted by Crippen LogP contribution is 2.39. The molecule has 3 fully saturated rings. The van der Waals surface area contributed by atoms with Gasteiger partial charge >= 0.3 is 0 Å². The smallest absolute Gasteiger partial charge is 0.252 e. The van der Waals surface area contributed by atoms with E-state index in [4.69, 9.17) is 5.73 Å². The molecule has 0 unspecified atom stereocenters. The molecule has 2 aromatic heterocycles. The zero-order chi connectivity index (χ0) is 23.5. The van der Waals surface area contributed by atoms with Crippen molar-refractivity contribution in [1.29, 1.82) is 0 Å². The van der Waals surface area contributed by atoms with Crippen LogP contribution in [0.1, 0.15) is 54.9 Å². The average Bonchev–Trinajstić information content (AvgIpc) is 3.82. The number of aromatic nitrogens is 3. The minimum Gasteiger partial charge on any atom is -0.383 e. The molecule has 1 amide bonds. The molecule has 3 N–H and O–H groups in total. The van der Waals surface area contributed by atoms with Crippen molar-refractivity contribution in [3.05, 3.63) is 54.5 Å². The van der Waals surface area contributed by atoms with Crippen LogP contribution in [0.5, 0.6) is 0 Å². The molecular formula is C28H30N6O. The van der Waals surface area contributed by atoms with E-state index in [-0.39, 0.29) is 5.91 Å². The lowest BCUT2D eigenvalue weighted by molar-refractivity contribution is 0.0952. The number of fused-ring (bicyclic) bond motifs is 2. The van der Waals surface area contributed by atoms with Crippen molar-refractivity contribution in [2.45, 2.75) is 56.7 Å². The van der Waals surface area contributed by atoms with Crippen molar-refractivity contribution in [3.8, 4) is 11.1 Å². The van der Waals surface area contributed by atoms with Crippen molar-refractivity contribution in [1.82, 2.24) is 24.8 Å². The fourth-order valence-corrected chi connectivity index (χ4v) is 5.71. The lowest BCUT2D eigenvalue weighted by Gasteiger charge is -2.32. The highest BCUT2D eigenvalue weighted by Gasteiger charge is 2.33. The number of hydrogen-bond donors (Lipinski definition) is 2. The molecule has 4 aromatic rings. The Kier molecular flexibility index (Phi) is 4.81. The van der Waals surface area contributed by atoms with E-state index >= 15 is 0 Å². The first-order valence-electron chi connectivity index (χ1n) is 12.8. The summed E-state index contributed by atoms with van der Waals surface area (Å²) in [6, 6.07) is 13.8. The summed E-state index contributed by atoms with van der Waals surface area (Å²) in [5.41, 5.74) is 10.2. The first-order chi connectivity index (χ1) is 17.2. The Balaban J connectivity index is 1.28. The molecule has 7 rings (SSSR count). The molecule has 3 heterocycles. The Morgan fingerprint density at radius 1 is 0.971 bits per heavy atom. The van der Waals surface area contributed by atoms with Crippen molar-refractivity contribution in [3.63, 3.8) is 0 Å². The number of nitrogens with zero attached hydrogens (tertiary/aromatic N) is 4. The van der Waals surface area contributed by atoms with E-state index in [0.29, 0.717) is 17.9 Å². The van der Waals surface area contributed by atoms with Crippen LogP contribution in [0.25, 0.3) is 32.9 Å². The number of nitrogens with one attached hydrogen (secondary N) is 1. The van der Waals surface area contributed by atoms with Gasteiger partial charge < -0.3 is 20.5 Å². The number of anilines is 1. The highest BCUT2D eigenvalue weighted by atomic mass is 16.1. The number of nitrogens with two attached hydrogens (primary N) is 1. The summed E-state index contributed by atoms with van der Waals surface area (Å²) >= 11 is 0. The maximum atomic E-state index is 12.8. The second-order valence-corrected chi connectivity index (χ2v) is 10.4. The van der Waals surface area contributed by atoms with Crippen LogP contribution < -0.4 is 11.1 Å². The third-order valence-corrected chi connectivity index (χ3v) is 7.94. The lowest BCUT2D eigenvalue weighted by atomic mass is 9.98. The van der Waals surface area contributed by atoms with E-state index in [0.717, 1.165) is 83.3 Å². The maximum absolute atomic E-state index is 12.8. The van der Waals surface area contributed by atoms with E-state index < -0.39 is 0 Å². The number of benzene rings is 2. The number of hydrogen-bond acceptors (Lipinski definition) is 5. The highest BCUT2D eigenvalue weighted by molar-refractivity contribution is 6.09. The summed E-state index contributed by atoms with van der Waals surface area (Å²) in [5.74, 6) is 0.523. The van der Waals surface area contributed by atoms with E-state index in [2.05, 4.69) is 55.2 Å². The number of carbonyl (C=O) groups excluding carboxylic acids is 1. The first kappa shape index (κ1) is 20.9. The minimum atomic E-state index is 0.0117. The Bertz CT molecular complexity index is 1440. The van der Waals surface area contributed by atoms with E-state index in [9.17, 15) is 4.79 Å². The summed E-state index contributed by atoms with van der Waals surface area (Å²) < 4.78 is 2.33. The zero-order valence-electron chi connectivity index (χ0n) is 19.8. The Labute approximate surface area is 204 Å². The van der Waals surface area contributed by atoms with E-state index in [1.54, 1.807) is 6.33 Å². The molecule has 35 heavy (non-hydrogen) atoms. The van der Waals surface area contributed by atoms with Gasteiger partial charge in [-0.05, 0) is 67.0 Å². The normalized spacial score (nSPS) is 19.4. The fourth-order valence-electron chi connectivity index (χ4n) is 5.71. The molecule has 2 aromatic carbocycles. The van der Waals surface area contributed by atoms with Gasteiger partial charge in [0, 0.05) is 48.5 Å². The summed E-state index contributed by atoms with van der Waals surface area (Å²) in [7, 11) is 0. The number of rotatable bonds is 5. The van der Waals surface area contributed by atoms with Crippen LogP contribution in [-0.4, -0.2) is 50.5 Å². The summed E-state index contributed by atoms with van der Waals surface area (Å²) in [4.78, 5) is 24.4. The van der Waals surface area contributed by atoms with Crippen LogP contribution in [0, 0.1) is 0 Å². The Morgan fingerprint density at radius 3 is 2.57 bits per heavy atom. The van der Waals surface area contributed by atoms with Crippen LogP contribution in [0.4, 0.5) is 5.82 Å². The third-order valence-electron chi connectivity index (χ3n) is 7.94. The zero-order valence-corrected chi connectivity index (χ0v) is 19.8. The van der Waals surface area contributed by atoms with Gasteiger partial charge in [0.2, 0.25) is 0 Å². The summed E-state index contributed by atoms with van der Waals surface area (Å²) in [6.45, 7) is 2.29. The van der Waals surface area contributed by atoms with Crippen molar-refractivity contribution in [2.24, 2.45) is 0 Å². The third kappa shape index (κ3) is 3.74. The molecule has 7 nitrogen and oxygen atoms in total. The van der Waals surface area contributed by atoms with E-state index in [1.165, 1.54) is 12.8 Å². The number of amides is 1. The first-order valence-corrected chi connectivity index (χ1v) is 12.8. The summed E-state index contributed by atoms with van der Waals surface area (Å²) in [6.07, 6.45) is 10.9. The van der Waals surface area contributed by atoms with Crippen molar-refractivity contribution in [2.75, 3.05) is 18.8 Å². The van der Waals surface area contributed by atoms with Crippen LogP contribution in [0.2, 0.25) is 0 Å². The maximum Gasteiger partial charge on any atom is 0.252 e. The molecule has 178 valence electrons. The number of likely N-dealkylation sites (tertiary alicyclic amines) is 1. The molecular weight excluding hydrogens is 436 g/mol. The van der Waals surface area contributed by atoms with Gasteiger partial charge in [-0.2, -0.15) is 0 Å². The molecule has 3 aliphatic rings. The van der Waals surface area contributed by atoms with Gasteiger partial charge in [-0.3, -0.25) is 4.79 Å². The summed E-state index contributed by atoms with van der Waals surface area (Å²) in [5, 5.41) is 6.04. The number of carbonyl (C=O) groups is 1. The largest absolute Gasteiger partial charge is 0.383 e. The Morgan fingerprint density at radius 2 is 1.80 bits per heavy atom. The number of nitrogen functional groups attached to an aromatic ring is 1. The van der Waals surface area contributed by atoms with Gasteiger partial charge in [-0.1, -0.05) is 24.3 Å². The number of piperidine rings is 1. The van der Waals surface area contributed by atoms with Gasteiger partial charge in [0.05, 0.1) is 5.39 Å². The van der Waals surface area contributed by atoms with Gasteiger partial charge in [0.25, 0.3) is 5.91 Å². The molecule has 1 aliphatic heterocycles. The fraction of sp³-hybridized carbons (Fsp3) is 0.393. The average molecular weight is 467 g/mol. The van der Waals surface area contributed by atoms with Gasteiger partial charge in [0.15, 0.2) is 0 Å². The van der Waals surface area contributed by atoms with Crippen molar-refractivity contribution >= 4 is 33.5 Å². The molecule has 2 aliphatic carbocycles. The molecule has 1 saturated heterocycles. The van der Waals surface area contributed by atoms with Crippen LogP contribution in [-0.2, 0) is 0 Å². The topological polar surface area (TPSA) is 89.1 Å². The molecule has 2 saturated carbocycles. The predicted octanol–water partition coefficient (Wildman–Crippen LogP) is 4.53. The molecule has 7 heteroatoms. The lowest BCUT2D eigenvalue weighted by Crippen LogP contribution is -2.36. The van der Waals surface area contributed by atoms with Crippen LogP contribution in [0.3, 0.4) is 0 Å². The quantitative estimate of drug-likeness (QED) is 0.451. The van der Waals surface area contributed by atoms with Crippen LogP contribution in [0.15, 0.2) is 48.9 Å². The molecule has 0 bridgehead atoms. The second-order valence-electron chi connectivity index (χ2n) is 10.4. The molecule has 0 atom stereocenters. The Hall–Kier alpha value is -3.45. The SMILES string of the molecule is Nc1ncnc2c1c(-c1ccc3c(C(=O)NC4CC4)cccc3c1)cn2C1CCN(C2CC2)CC1. The monoisotopic (exact) mass is 466 g/mol. The molecule has 0 spiro atoms. The molecule has 0 radical (unpaired) electrons.